The lowest BCUT2D eigenvalue weighted by molar-refractivity contribution is 0.0606. The van der Waals surface area contributed by atoms with Crippen molar-refractivity contribution >= 4 is 28.3 Å². The van der Waals surface area contributed by atoms with Gasteiger partial charge in [-0.25, -0.2) is 9.78 Å². The molecule has 102 valence electrons. The van der Waals surface area contributed by atoms with Gasteiger partial charge in [0.05, 0.1) is 7.11 Å². The fraction of sp³-hybridized carbons (Fsp3) is 0.667. The van der Waals surface area contributed by atoms with Gasteiger partial charge >= 0.3 is 5.97 Å². The third-order valence-electron chi connectivity index (χ3n) is 2.57. The molecular formula is C12H21N3O2S. The van der Waals surface area contributed by atoms with Gasteiger partial charge in [0.15, 0.2) is 15.8 Å². The first-order valence-corrected chi connectivity index (χ1v) is 7.05. The highest BCUT2D eigenvalue weighted by molar-refractivity contribution is 7.17. The normalized spacial score (nSPS) is 10.4. The van der Waals surface area contributed by atoms with Gasteiger partial charge in [-0.2, -0.15) is 0 Å². The van der Waals surface area contributed by atoms with Crippen LogP contribution in [0.3, 0.4) is 0 Å². The number of esters is 1. The Balaban J connectivity index is 2.98. The van der Waals surface area contributed by atoms with Gasteiger partial charge in [-0.1, -0.05) is 31.6 Å². The Kier molecular flexibility index (Phi) is 5.91. The Morgan fingerprint density at radius 1 is 1.39 bits per heavy atom. The number of ether oxygens (including phenoxy) is 1. The SMILES string of the molecule is CCCCN(CCC)c1nc(N)sc1C(=O)OC. The van der Waals surface area contributed by atoms with Crippen LogP contribution in [0.4, 0.5) is 10.9 Å². The highest BCUT2D eigenvalue weighted by Gasteiger charge is 2.22. The molecule has 0 radical (unpaired) electrons. The fourth-order valence-electron chi connectivity index (χ4n) is 1.71. The molecule has 0 aliphatic rings. The van der Waals surface area contributed by atoms with E-state index in [0.717, 1.165) is 32.4 Å². The number of carbonyl (C=O) groups is 1. The van der Waals surface area contributed by atoms with Gasteiger partial charge in [0.25, 0.3) is 0 Å². The molecule has 0 saturated heterocycles. The number of anilines is 2. The minimum atomic E-state index is -0.364. The molecule has 2 N–H and O–H groups in total. The van der Waals surface area contributed by atoms with E-state index in [0.29, 0.717) is 15.8 Å². The largest absolute Gasteiger partial charge is 0.465 e. The van der Waals surface area contributed by atoms with Crippen LogP contribution in [0.15, 0.2) is 0 Å². The van der Waals surface area contributed by atoms with Crippen molar-refractivity contribution in [2.45, 2.75) is 33.1 Å². The van der Waals surface area contributed by atoms with Gasteiger partial charge in [-0.05, 0) is 12.8 Å². The quantitative estimate of drug-likeness (QED) is 0.772. The van der Waals surface area contributed by atoms with Crippen LogP contribution in [0, 0.1) is 0 Å². The molecular weight excluding hydrogens is 250 g/mol. The molecule has 0 unspecified atom stereocenters. The smallest absolute Gasteiger partial charge is 0.352 e. The van der Waals surface area contributed by atoms with E-state index in [4.69, 9.17) is 10.5 Å². The predicted molar refractivity (Wildman–Crippen MR) is 75.3 cm³/mol. The van der Waals surface area contributed by atoms with Gasteiger partial charge < -0.3 is 15.4 Å². The summed E-state index contributed by atoms with van der Waals surface area (Å²) in [6.45, 7) is 6.00. The van der Waals surface area contributed by atoms with E-state index in [9.17, 15) is 4.79 Å². The number of carbonyl (C=O) groups excluding carboxylic acids is 1. The summed E-state index contributed by atoms with van der Waals surface area (Å²) < 4.78 is 4.77. The van der Waals surface area contributed by atoms with Crippen LogP contribution in [0.2, 0.25) is 0 Å². The average Bonchev–Trinajstić information content (AvgIpc) is 2.75. The van der Waals surface area contributed by atoms with Crippen molar-refractivity contribution in [2.24, 2.45) is 0 Å². The summed E-state index contributed by atoms with van der Waals surface area (Å²) in [6.07, 6.45) is 3.17. The molecule has 1 aromatic heterocycles. The van der Waals surface area contributed by atoms with Crippen LogP contribution in [-0.2, 0) is 4.74 Å². The number of methoxy groups -OCH3 is 1. The van der Waals surface area contributed by atoms with Crippen molar-refractivity contribution in [1.82, 2.24) is 4.98 Å². The molecule has 18 heavy (non-hydrogen) atoms. The predicted octanol–water partition coefficient (Wildman–Crippen LogP) is 2.53. The Hall–Kier alpha value is -1.30. The van der Waals surface area contributed by atoms with Crippen molar-refractivity contribution < 1.29 is 9.53 Å². The molecule has 0 spiro atoms. The second kappa shape index (κ2) is 7.20. The Morgan fingerprint density at radius 2 is 2.11 bits per heavy atom. The lowest BCUT2D eigenvalue weighted by Gasteiger charge is -2.22. The number of hydrogen-bond donors (Lipinski definition) is 1. The summed E-state index contributed by atoms with van der Waals surface area (Å²) in [4.78, 5) is 18.6. The van der Waals surface area contributed by atoms with E-state index in [-0.39, 0.29) is 5.97 Å². The molecule has 0 aromatic carbocycles. The number of aromatic nitrogens is 1. The first-order chi connectivity index (χ1) is 8.63. The number of unbranched alkanes of at least 4 members (excludes halogenated alkanes) is 1. The third kappa shape index (κ3) is 3.60. The first-order valence-electron chi connectivity index (χ1n) is 6.23. The van der Waals surface area contributed by atoms with Crippen LogP contribution in [0.25, 0.3) is 0 Å². The lowest BCUT2D eigenvalue weighted by Crippen LogP contribution is -2.27. The highest BCUT2D eigenvalue weighted by Crippen LogP contribution is 2.29. The van der Waals surface area contributed by atoms with Crippen molar-refractivity contribution in [1.29, 1.82) is 0 Å². The molecule has 1 rings (SSSR count). The highest BCUT2D eigenvalue weighted by atomic mass is 32.1. The first kappa shape index (κ1) is 14.8. The molecule has 0 amide bonds. The summed E-state index contributed by atoms with van der Waals surface area (Å²) in [7, 11) is 1.37. The van der Waals surface area contributed by atoms with E-state index in [1.54, 1.807) is 0 Å². The van der Waals surface area contributed by atoms with Crippen LogP contribution in [-0.4, -0.2) is 31.2 Å². The van der Waals surface area contributed by atoms with Gasteiger partial charge in [-0.15, -0.1) is 0 Å². The van der Waals surface area contributed by atoms with E-state index in [1.807, 2.05) is 0 Å². The Labute approximate surface area is 112 Å². The minimum Gasteiger partial charge on any atom is -0.465 e. The van der Waals surface area contributed by atoms with Crippen LogP contribution < -0.4 is 10.6 Å². The summed E-state index contributed by atoms with van der Waals surface area (Å²) in [5, 5.41) is 0.406. The van der Waals surface area contributed by atoms with Gasteiger partial charge in [-0.3, -0.25) is 0 Å². The molecule has 0 atom stereocenters. The molecule has 1 aromatic rings. The number of nitrogen functional groups attached to an aromatic ring is 1. The van der Waals surface area contributed by atoms with Crippen molar-refractivity contribution in [3.63, 3.8) is 0 Å². The van der Waals surface area contributed by atoms with E-state index in [1.165, 1.54) is 18.4 Å². The molecule has 1 heterocycles. The molecule has 6 heteroatoms. The molecule has 0 saturated carbocycles. The van der Waals surface area contributed by atoms with E-state index < -0.39 is 0 Å². The number of hydrogen-bond acceptors (Lipinski definition) is 6. The monoisotopic (exact) mass is 271 g/mol. The van der Waals surface area contributed by atoms with Crippen LogP contribution >= 0.6 is 11.3 Å². The molecule has 0 bridgehead atoms. The maximum Gasteiger partial charge on any atom is 0.352 e. The second-order valence-electron chi connectivity index (χ2n) is 4.04. The van der Waals surface area contributed by atoms with E-state index >= 15 is 0 Å². The number of nitrogens with two attached hydrogens (primary N) is 1. The third-order valence-corrected chi connectivity index (χ3v) is 3.43. The minimum absolute atomic E-state index is 0.364. The average molecular weight is 271 g/mol. The standard InChI is InChI=1S/C12H21N3O2S/c1-4-6-8-15(7-5-2)10-9(11(16)17-3)18-12(13)14-10/h4-8H2,1-3H3,(H2,13,14). The Morgan fingerprint density at radius 3 is 2.67 bits per heavy atom. The van der Waals surface area contributed by atoms with Crippen LogP contribution in [0.5, 0.6) is 0 Å². The van der Waals surface area contributed by atoms with Gasteiger partial charge in [0, 0.05) is 13.1 Å². The molecule has 0 aliphatic carbocycles. The number of thiazole rings is 1. The second-order valence-corrected chi connectivity index (χ2v) is 5.07. The van der Waals surface area contributed by atoms with Crippen LogP contribution in [0.1, 0.15) is 42.8 Å². The lowest BCUT2D eigenvalue weighted by atomic mass is 10.3. The van der Waals surface area contributed by atoms with Crippen molar-refractivity contribution in [3.8, 4) is 0 Å². The molecule has 5 nitrogen and oxygen atoms in total. The van der Waals surface area contributed by atoms with Gasteiger partial charge in [0.2, 0.25) is 0 Å². The van der Waals surface area contributed by atoms with Crippen molar-refractivity contribution in [3.05, 3.63) is 4.88 Å². The van der Waals surface area contributed by atoms with Crippen molar-refractivity contribution in [2.75, 3.05) is 30.8 Å². The fourth-order valence-corrected chi connectivity index (χ4v) is 2.48. The summed E-state index contributed by atoms with van der Waals surface area (Å²) in [6, 6.07) is 0. The maximum absolute atomic E-state index is 11.7. The zero-order chi connectivity index (χ0) is 13.5. The van der Waals surface area contributed by atoms with Gasteiger partial charge in [0.1, 0.15) is 0 Å². The molecule has 0 aliphatic heterocycles. The maximum atomic E-state index is 11.7. The number of nitrogens with zero attached hydrogens (tertiary/aromatic N) is 2. The summed E-state index contributed by atoms with van der Waals surface area (Å²) >= 11 is 1.19. The van der Waals surface area contributed by atoms with E-state index in [2.05, 4.69) is 23.7 Å². The topological polar surface area (TPSA) is 68.5 Å². The zero-order valence-electron chi connectivity index (χ0n) is 11.2. The molecule has 0 fully saturated rings. The zero-order valence-corrected chi connectivity index (χ0v) is 12.0. The Bertz CT molecular complexity index is 393. The summed E-state index contributed by atoms with van der Waals surface area (Å²) in [5.74, 6) is 0.302. The summed E-state index contributed by atoms with van der Waals surface area (Å²) in [5.41, 5.74) is 5.71. The number of rotatable bonds is 7.